The van der Waals surface area contributed by atoms with Crippen LogP contribution in [0.5, 0.6) is 0 Å². The van der Waals surface area contributed by atoms with E-state index in [1.807, 2.05) is 93.4 Å². The van der Waals surface area contributed by atoms with Gasteiger partial charge < -0.3 is 28.9 Å². The van der Waals surface area contributed by atoms with Crippen molar-refractivity contribution in [1.29, 1.82) is 0 Å². The number of hydrogen-bond donors (Lipinski definition) is 0. The SMILES string of the molecule is CCC(COC(=O)CCSC(=O)c1ccc(N(C)C)cc1)(COC(=O)CCSC(=O)c1ccc(N(C)C)cc1)COC(=O)CCSC(=O)c1ccc(N(C)C)cc1. The number of esters is 3. The van der Waals surface area contributed by atoms with Crippen molar-refractivity contribution < 1.29 is 43.0 Å². The second kappa shape index (κ2) is 23.7. The van der Waals surface area contributed by atoms with E-state index in [-0.39, 0.29) is 71.7 Å². The van der Waals surface area contributed by atoms with Crippen molar-refractivity contribution in [3.63, 3.8) is 0 Å². The highest BCUT2D eigenvalue weighted by Gasteiger charge is 2.34. The summed E-state index contributed by atoms with van der Waals surface area (Å²) in [5.41, 5.74) is 3.39. The van der Waals surface area contributed by atoms with Crippen LogP contribution >= 0.6 is 35.3 Å². The third kappa shape index (κ3) is 16.1. The molecule has 0 bridgehead atoms. The maximum atomic E-state index is 12.8. The second-order valence-corrected chi connectivity index (χ2v) is 17.0. The van der Waals surface area contributed by atoms with Crippen molar-refractivity contribution in [2.24, 2.45) is 5.41 Å². The Balaban J connectivity index is 1.54. The fraction of sp³-hybridized carbons (Fsp3) is 0.429. The molecule has 0 N–H and O–H groups in total. The van der Waals surface area contributed by atoms with Crippen LogP contribution in [0.15, 0.2) is 72.8 Å². The molecule has 57 heavy (non-hydrogen) atoms. The molecular weight excluding hydrogens is 787 g/mol. The number of thioether (sulfide) groups is 3. The van der Waals surface area contributed by atoms with Crippen LogP contribution in [-0.4, -0.2) is 113 Å². The molecule has 308 valence electrons. The van der Waals surface area contributed by atoms with Crippen molar-refractivity contribution in [2.75, 3.05) is 94.1 Å². The third-order valence-electron chi connectivity index (χ3n) is 8.84. The van der Waals surface area contributed by atoms with E-state index >= 15 is 0 Å². The second-order valence-electron chi connectivity index (χ2n) is 13.8. The lowest BCUT2D eigenvalue weighted by molar-refractivity contribution is -0.161. The van der Waals surface area contributed by atoms with Gasteiger partial charge >= 0.3 is 17.9 Å². The Morgan fingerprint density at radius 3 is 0.912 bits per heavy atom. The van der Waals surface area contributed by atoms with Gasteiger partial charge in [-0.25, -0.2) is 0 Å². The Bertz CT molecular complexity index is 1590. The summed E-state index contributed by atoms with van der Waals surface area (Å²) in [4.78, 5) is 82.3. The van der Waals surface area contributed by atoms with Crippen LogP contribution in [0.1, 0.15) is 63.7 Å². The van der Waals surface area contributed by atoms with Crippen molar-refractivity contribution in [3.05, 3.63) is 89.5 Å². The Labute approximate surface area is 348 Å². The molecule has 0 aliphatic rings. The number of nitrogens with zero attached hydrogens (tertiary/aromatic N) is 3. The number of carbonyl (C=O) groups excluding carboxylic acids is 6. The van der Waals surface area contributed by atoms with Gasteiger partial charge in [-0.3, -0.25) is 28.8 Å². The van der Waals surface area contributed by atoms with Gasteiger partial charge in [0.15, 0.2) is 0 Å². The van der Waals surface area contributed by atoms with Crippen LogP contribution in [0.2, 0.25) is 0 Å². The smallest absolute Gasteiger partial charge is 0.306 e. The molecule has 3 rings (SSSR count). The molecule has 0 amide bonds. The molecule has 12 nitrogen and oxygen atoms in total. The minimum Gasteiger partial charge on any atom is -0.465 e. The molecule has 0 saturated heterocycles. The zero-order valence-corrected chi connectivity index (χ0v) is 36.2. The summed E-state index contributed by atoms with van der Waals surface area (Å²) in [6.45, 7) is 1.18. The summed E-state index contributed by atoms with van der Waals surface area (Å²) in [5, 5.41) is -0.503. The van der Waals surface area contributed by atoms with Gasteiger partial charge in [0.2, 0.25) is 15.3 Å². The van der Waals surface area contributed by atoms with Gasteiger partial charge in [0, 0.05) is 93.3 Å². The van der Waals surface area contributed by atoms with Gasteiger partial charge in [-0.05, 0) is 79.2 Å². The van der Waals surface area contributed by atoms with Crippen LogP contribution in [0.3, 0.4) is 0 Å². The predicted molar refractivity (Wildman–Crippen MR) is 232 cm³/mol. The molecule has 0 heterocycles. The maximum Gasteiger partial charge on any atom is 0.306 e. The normalized spacial score (nSPS) is 11.0. The molecule has 0 saturated carbocycles. The minimum atomic E-state index is -1.06. The number of rotatable bonds is 22. The highest BCUT2D eigenvalue weighted by atomic mass is 32.2. The zero-order chi connectivity index (χ0) is 42.0. The molecular formula is C42H53N3O9S3. The molecule has 0 unspecified atom stereocenters. The first kappa shape index (κ1) is 46.9. The first-order valence-corrected chi connectivity index (χ1v) is 21.4. The lowest BCUT2D eigenvalue weighted by Crippen LogP contribution is -2.39. The van der Waals surface area contributed by atoms with E-state index < -0.39 is 23.3 Å². The molecule has 3 aromatic rings. The molecule has 0 aliphatic heterocycles. The van der Waals surface area contributed by atoms with Gasteiger partial charge in [-0.15, -0.1) is 0 Å². The van der Waals surface area contributed by atoms with E-state index in [9.17, 15) is 28.8 Å². The van der Waals surface area contributed by atoms with E-state index in [0.717, 1.165) is 52.3 Å². The zero-order valence-electron chi connectivity index (χ0n) is 33.7. The molecule has 3 aromatic carbocycles. The number of hydrogen-bond acceptors (Lipinski definition) is 15. The van der Waals surface area contributed by atoms with E-state index in [1.54, 1.807) is 43.3 Å². The average Bonchev–Trinajstić information content (AvgIpc) is 3.20. The number of anilines is 3. The van der Waals surface area contributed by atoms with Crippen LogP contribution in [-0.2, 0) is 28.6 Å². The molecule has 0 aromatic heterocycles. The van der Waals surface area contributed by atoms with Gasteiger partial charge in [-0.2, -0.15) is 0 Å². The summed E-state index contributed by atoms with van der Waals surface area (Å²) >= 11 is 3.03. The summed E-state index contributed by atoms with van der Waals surface area (Å²) in [6.07, 6.45) is 0.191. The first-order chi connectivity index (χ1) is 27.1. The van der Waals surface area contributed by atoms with Crippen LogP contribution in [0, 0.1) is 5.41 Å². The topological polar surface area (TPSA) is 140 Å². The standard InChI is InChI=1S/C42H53N3O9S3/c1-8-42(27-52-36(46)21-24-55-39(49)30-9-15-33(16-10-30)43(2)3,28-53-37(47)22-25-56-40(50)31-11-17-34(18-12-31)44(4)5)29-54-38(48)23-26-57-41(51)32-13-19-35(20-14-32)45(6)7/h9-20H,8,21-29H2,1-7H3. The largest absolute Gasteiger partial charge is 0.465 e. The van der Waals surface area contributed by atoms with Crippen LogP contribution < -0.4 is 14.7 Å². The molecule has 0 radical (unpaired) electrons. The molecule has 0 aliphatic carbocycles. The molecule has 0 fully saturated rings. The highest BCUT2D eigenvalue weighted by molar-refractivity contribution is 8.14. The van der Waals surface area contributed by atoms with Gasteiger partial charge in [-0.1, -0.05) is 42.2 Å². The monoisotopic (exact) mass is 839 g/mol. The molecule has 15 heteroatoms. The summed E-state index contributed by atoms with van der Waals surface area (Å²) in [7, 11) is 11.5. The Hall–Kier alpha value is -4.47. The van der Waals surface area contributed by atoms with E-state index in [0.29, 0.717) is 23.1 Å². The van der Waals surface area contributed by atoms with E-state index in [4.69, 9.17) is 14.2 Å². The fourth-order valence-corrected chi connectivity index (χ4v) is 7.24. The highest BCUT2D eigenvalue weighted by Crippen LogP contribution is 2.27. The first-order valence-electron chi connectivity index (χ1n) is 18.4. The van der Waals surface area contributed by atoms with E-state index in [1.165, 1.54) is 0 Å². The van der Waals surface area contributed by atoms with E-state index in [2.05, 4.69) is 0 Å². The van der Waals surface area contributed by atoms with Crippen molar-refractivity contribution in [3.8, 4) is 0 Å². The van der Waals surface area contributed by atoms with Crippen LogP contribution in [0.25, 0.3) is 0 Å². The summed E-state index contributed by atoms with van der Waals surface area (Å²) in [5.74, 6) is -1.09. The summed E-state index contributed by atoms with van der Waals surface area (Å²) in [6, 6.07) is 21.5. The Morgan fingerprint density at radius 1 is 0.456 bits per heavy atom. The predicted octanol–water partition coefficient (Wildman–Crippen LogP) is 7.10. The molecule has 0 spiro atoms. The fourth-order valence-electron chi connectivity index (χ4n) is 4.97. The van der Waals surface area contributed by atoms with Gasteiger partial charge in [0.1, 0.15) is 19.8 Å². The Kier molecular flexibility index (Phi) is 19.5. The minimum absolute atomic E-state index is 0.0438. The lowest BCUT2D eigenvalue weighted by atomic mass is 9.88. The van der Waals surface area contributed by atoms with Crippen molar-refractivity contribution in [1.82, 2.24) is 0 Å². The number of benzene rings is 3. The van der Waals surface area contributed by atoms with Crippen molar-refractivity contribution in [2.45, 2.75) is 32.6 Å². The Morgan fingerprint density at radius 2 is 0.702 bits per heavy atom. The van der Waals surface area contributed by atoms with Gasteiger partial charge in [0.25, 0.3) is 0 Å². The summed E-state index contributed by atoms with van der Waals surface area (Å²) < 4.78 is 16.8. The number of ether oxygens (including phenoxy) is 3. The molecule has 0 atom stereocenters. The average molecular weight is 840 g/mol. The number of carbonyl (C=O) groups is 6. The van der Waals surface area contributed by atoms with Gasteiger partial charge in [0.05, 0.1) is 24.7 Å². The van der Waals surface area contributed by atoms with Crippen molar-refractivity contribution >= 4 is 85.6 Å². The maximum absolute atomic E-state index is 12.8. The lowest BCUT2D eigenvalue weighted by Gasteiger charge is -2.31. The third-order valence-corrected chi connectivity index (χ3v) is 11.6. The quantitative estimate of drug-likeness (QED) is 0.0750. The van der Waals surface area contributed by atoms with Crippen LogP contribution in [0.4, 0.5) is 17.1 Å².